The van der Waals surface area contributed by atoms with Crippen molar-refractivity contribution < 1.29 is 176 Å². The minimum Gasteiger partial charge on any atom is -0.302 e. The fourth-order valence-electron chi connectivity index (χ4n) is 2.69. The molecular weight excluding hydrogens is 971 g/mol. The fraction of sp³-hybridized carbons (Fsp3) is 1.00. The van der Waals surface area contributed by atoms with Crippen LogP contribution in [-0.4, -0.2) is 105 Å². The minimum absolute atomic E-state index is 0. The highest BCUT2D eigenvalue weighted by molar-refractivity contribution is 6.64. The van der Waals surface area contributed by atoms with E-state index in [9.17, 15) is 158 Å². The Bertz CT molecular complexity index is 1320. The van der Waals surface area contributed by atoms with Crippen LogP contribution in [0.2, 0.25) is 0 Å². The van der Waals surface area contributed by atoms with Crippen molar-refractivity contribution >= 4 is 8.80 Å². The molecule has 0 unspecified atom stereocenters. The van der Waals surface area contributed by atoms with Crippen LogP contribution in [0.1, 0.15) is 0 Å². The van der Waals surface area contributed by atoms with Crippen LogP contribution < -0.4 is 0 Å². The highest BCUT2D eigenvalue weighted by Gasteiger charge is 3.00. The predicted octanol–water partition coefficient (Wildman–Crippen LogP) is 11.4. The maximum Gasteiger partial charge on any atom is 0.595 e. The third-order valence-corrected chi connectivity index (χ3v) is 8.33. The summed E-state index contributed by atoms with van der Waals surface area (Å²) in [6, 6.07) is 0. The van der Waals surface area contributed by atoms with Crippen LogP contribution in [0.3, 0.4) is 0 Å². The van der Waals surface area contributed by atoms with Gasteiger partial charge in [-0.15, -0.1) is 0 Å². The van der Waals surface area contributed by atoms with Gasteiger partial charge in [-0.05, 0) is 0 Å². The highest BCUT2D eigenvalue weighted by Crippen LogP contribution is 2.67. The van der Waals surface area contributed by atoms with Crippen LogP contribution in [-0.2, 0) is 13.3 Å². The third-order valence-electron chi connectivity index (χ3n) is 5.67. The van der Waals surface area contributed by atoms with Crippen LogP contribution in [0.5, 0.6) is 0 Å². The summed E-state index contributed by atoms with van der Waals surface area (Å²) in [4.78, 5) is 0. The summed E-state index contributed by atoms with van der Waals surface area (Å²) < 4.78 is 482. The summed E-state index contributed by atoms with van der Waals surface area (Å²) >= 11 is 0. The lowest BCUT2D eigenvalue weighted by molar-refractivity contribution is -0.475. The Hall–Kier alpha value is -2.49. The lowest BCUT2D eigenvalue weighted by Crippen LogP contribution is -2.81. The molecule has 0 fully saturated rings. The SMILES string of the molecule is F.FC(F)(F)C(F)(F)O[Si](OC(F)(F)C(F)(F)F)(OC(F)(F)C(F)(F)F)C(F)(F)C(F)(F)C(F)(F)C(F)(F)C(F)(F)C(F)(F)C(F)(F)C(F)(F)C(F)(F)C(F)(F)F. The second-order valence-electron chi connectivity index (χ2n) is 9.57. The highest BCUT2D eigenvalue weighted by atomic mass is 28.4. The van der Waals surface area contributed by atoms with Crippen LogP contribution in [0.4, 0.5) is 163 Å². The summed E-state index contributed by atoms with van der Waals surface area (Å²) in [6.07, 6.45) is -60.5. The Balaban J connectivity index is 0. The van der Waals surface area contributed by atoms with E-state index in [2.05, 4.69) is 0 Å². The van der Waals surface area contributed by atoms with Gasteiger partial charge in [0.15, 0.2) is 0 Å². The molecule has 0 heterocycles. The quantitative estimate of drug-likeness (QED) is 0.121. The van der Waals surface area contributed by atoms with E-state index in [0.29, 0.717) is 0 Å². The van der Waals surface area contributed by atoms with Gasteiger partial charge in [0.2, 0.25) is 0 Å². The first-order chi connectivity index (χ1) is 23.4. The molecule has 0 saturated carbocycles. The first kappa shape index (κ1) is 56.6. The zero-order valence-corrected chi connectivity index (χ0v) is 24.7. The van der Waals surface area contributed by atoms with Crippen LogP contribution in [0, 0.1) is 0 Å². The van der Waals surface area contributed by atoms with Crippen molar-refractivity contribution in [1.29, 1.82) is 0 Å². The van der Waals surface area contributed by atoms with E-state index in [0.717, 1.165) is 13.3 Å². The van der Waals surface area contributed by atoms with Gasteiger partial charge in [-0.2, -0.15) is 158 Å². The molecule has 346 valence electrons. The van der Waals surface area contributed by atoms with Crippen molar-refractivity contribution in [3.05, 3.63) is 0 Å². The van der Waals surface area contributed by atoms with Crippen molar-refractivity contribution in [2.45, 2.75) is 96.0 Å². The molecular formula is C16HF37O3Si. The van der Waals surface area contributed by atoms with Gasteiger partial charge >= 0.3 is 105 Å². The Labute approximate surface area is 282 Å². The van der Waals surface area contributed by atoms with E-state index in [1.54, 1.807) is 0 Å². The molecule has 0 aromatic rings. The van der Waals surface area contributed by atoms with Crippen LogP contribution >= 0.6 is 0 Å². The van der Waals surface area contributed by atoms with Crippen molar-refractivity contribution in [3.8, 4) is 0 Å². The molecule has 0 aliphatic rings. The van der Waals surface area contributed by atoms with Gasteiger partial charge in [0.05, 0.1) is 0 Å². The number of hydrogen-bond acceptors (Lipinski definition) is 3. The summed E-state index contributed by atoms with van der Waals surface area (Å²) in [5.41, 5.74) is -10.3. The fourth-order valence-corrected chi connectivity index (χ4v) is 5.10. The van der Waals surface area contributed by atoms with E-state index < -0.39 is 105 Å². The van der Waals surface area contributed by atoms with Gasteiger partial charge in [-0.1, -0.05) is 0 Å². The molecule has 0 saturated heterocycles. The molecule has 0 bridgehead atoms. The third kappa shape index (κ3) is 8.08. The maximum absolute atomic E-state index is 14.8. The molecule has 0 spiro atoms. The molecule has 0 radical (unpaired) electrons. The van der Waals surface area contributed by atoms with Crippen molar-refractivity contribution in [3.63, 3.8) is 0 Å². The summed E-state index contributed by atoms with van der Waals surface area (Å²) in [6.45, 7) is 0. The topological polar surface area (TPSA) is 27.7 Å². The molecule has 0 aromatic carbocycles. The van der Waals surface area contributed by atoms with Crippen molar-refractivity contribution in [2.75, 3.05) is 0 Å². The lowest BCUT2D eigenvalue weighted by atomic mass is 9.87. The number of rotatable bonds is 15. The average molecular weight is 972 g/mol. The zero-order chi connectivity index (χ0) is 46.6. The van der Waals surface area contributed by atoms with E-state index in [4.69, 9.17) is 0 Å². The second kappa shape index (κ2) is 14.0. The van der Waals surface area contributed by atoms with Gasteiger partial charge in [-0.25, -0.2) is 0 Å². The first-order valence-corrected chi connectivity index (χ1v) is 13.0. The van der Waals surface area contributed by atoms with Gasteiger partial charge in [-0.3, -0.25) is 4.70 Å². The Morgan fingerprint density at radius 3 is 0.526 bits per heavy atom. The largest absolute Gasteiger partial charge is 0.595 e. The molecule has 0 amide bonds. The average Bonchev–Trinajstić information content (AvgIpc) is 2.88. The van der Waals surface area contributed by atoms with E-state index in [-0.39, 0.29) is 4.70 Å². The molecule has 3 nitrogen and oxygen atoms in total. The van der Waals surface area contributed by atoms with Crippen LogP contribution in [0.25, 0.3) is 0 Å². The number of alkyl halides is 36. The van der Waals surface area contributed by atoms with Gasteiger partial charge in [0.1, 0.15) is 0 Å². The standard InChI is InChI=1S/C16F36O3Si.FH/c17-1(18,3(21,22)5(25,26)7(29,30)9(33,34)35)2(19,20)4(23,24)6(27,28)8(31,32)16(51,52)56(53-13(45,46)10(36,37)38,54-14(47,48)11(39,40)41)55-15(49,50)12(42,43)44;/h;1H. The maximum atomic E-state index is 14.8. The summed E-state index contributed by atoms with van der Waals surface area (Å²) in [7, 11) is -12.0. The lowest BCUT2D eigenvalue weighted by Gasteiger charge is -2.47. The van der Waals surface area contributed by atoms with E-state index in [1.807, 2.05) is 0 Å². The Morgan fingerprint density at radius 1 is 0.211 bits per heavy atom. The molecule has 0 atom stereocenters. The Morgan fingerprint density at radius 2 is 0.368 bits per heavy atom. The molecule has 0 aliphatic carbocycles. The van der Waals surface area contributed by atoms with Crippen LogP contribution in [0.15, 0.2) is 0 Å². The smallest absolute Gasteiger partial charge is 0.302 e. The Kier molecular flexibility index (Phi) is 13.9. The van der Waals surface area contributed by atoms with Gasteiger partial charge in [0.25, 0.3) is 0 Å². The minimum atomic E-state index is -12.0. The van der Waals surface area contributed by atoms with Crippen molar-refractivity contribution in [2.24, 2.45) is 0 Å². The predicted molar refractivity (Wildman–Crippen MR) is 95.1 cm³/mol. The first-order valence-electron chi connectivity index (χ1n) is 11.3. The van der Waals surface area contributed by atoms with Crippen molar-refractivity contribution in [1.82, 2.24) is 0 Å². The van der Waals surface area contributed by atoms with E-state index in [1.165, 1.54) is 0 Å². The summed E-state index contributed by atoms with van der Waals surface area (Å²) in [5, 5.41) is 0. The van der Waals surface area contributed by atoms with Gasteiger partial charge in [0, 0.05) is 0 Å². The zero-order valence-electron chi connectivity index (χ0n) is 23.7. The molecule has 41 heteroatoms. The number of hydrogen-bond donors (Lipinski definition) is 0. The summed E-state index contributed by atoms with van der Waals surface area (Å²) in [5.74, 6) is -80.1. The molecule has 0 aliphatic heterocycles. The second-order valence-corrected chi connectivity index (χ2v) is 11.9. The monoisotopic (exact) mass is 972 g/mol. The normalized spacial score (nSPS) is 16.8. The molecule has 0 N–H and O–H groups in total. The van der Waals surface area contributed by atoms with E-state index >= 15 is 0 Å². The molecule has 0 rings (SSSR count). The molecule has 57 heavy (non-hydrogen) atoms. The number of halogens is 37. The van der Waals surface area contributed by atoms with Gasteiger partial charge < -0.3 is 13.3 Å². The molecule has 0 aromatic heterocycles.